The SMILES string of the molecule is Clc1ccccc1-c1nn(C2CCCCO2)c2ccc(-c3ncn(C(c4ccccc4)(c4ccccc4)c4ccccc4)n3)cc12. The van der Waals surface area contributed by atoms with E-state index in [1.165, 1.54) is 0 Å². The number of aromatic nitrogens is 5. The van der Waals surface area contributed by atoms with Gasteiger partial charge in [0.05, 0.1) is 10.5 Å². The molecule has 5 aromatic carbocycles. The van der Waals surface area contributed by atoms with E-state index in [4.69, 9.17) is 31.5 Å². The van der Waals surface area contributed by atoms with E-state index < -0.39 is 5.54 Å². The second-order valence-electron chi connectivity index (χ2n) is 11.6. The Bertz CT molecular complexity index is 2000. The van der Waals surface area contributed by atoms with Crippen molar-refractivity contribution in [2.24, 2.45) is 0 Å². The topological polar surface area (TPSA) is 57.8 Å². The summed E-state index contributed by atoms with van der Waals surface area (Å²) in [6.07, 6.45) is 4.84. The maximum atomic E-state index is 6.73. The normalized spacial score (nSPS) is 15.3. The van der Waals surface area contributed by atoms with Gasteiger partial charge in [0, 0.05) is 23.1 Å². The van der Waals surface area contributed by atoms with Crippen LogP contribution in [0.2, 0.25) is 5.02 Å². The van der Waals surface area contributed by atoms with Gasteiger partial charge in [0.15, 0.2) is 12.1 Å². The number of rotatable bonds is 7. The van der Waals surface area contributed by atoms with Crippen molar-refractivity contribution in [3.8, 4) is 22.6 Å². The minimum Gasteiger partial charge on any atom is -0.356 e. The highest BCUT2D eigenvalue weighted by molar-refractivity contribution is 6.33. The molecule has 6 nitrogen and oxygen atoms in total. The summed E-state index contributed by atoms with van der Waals surface area (Å²) in [5.41, 5.74) is 6.13. The molecule has 1 aliphatic rings. The lowest BCUT2D eigenvalue weighted by molar-refractivity contribution is -0.0365. The lowest BCUT2D eigenvalue weighted by Crippen LogP contribution is -2.38. The zero-order chi connectivity index (χ0) is 30.9. The summed E-state index contributed by atoms with van der Waals surface area (Å²) in [6, 6.07) is 45.7. The number of nitrogens with zero attached hydrogens (tertiary/aromatic N) is 5. The molecule has 0 amide bonds. The quantitative estimate of drug-likeness (QED) is 0.167. The largest absolute Gasteiger partial charge is 0.356 e. The minimum atomic E-state index is -0.745. The number of ether oxygens (including phenoxy) is 1. The molecule has 1 fully saturated rings. The van der Waals surface area contributed by atoms with Gasteiger partial charge in [-0.1, -0.05) is 121 Å². The van der Waals surface area contributed by atoms with Gasteiger partial charge in [-0.2, -0.15) is 5.10 Å². The molecule has 1 atom stereocenters. The van der Waals surface area contributed by atoms with Crippen LogP contribution in [-0.4, -0.2) is 31.2 Å². The summed E-state index contributed by atoms with van der Waals surface area (Å²) in [7, 11) is 0. The maximum absolute atomic E-state index is 6.73. The minimum absolute atomic E-state index is 0.112. The predicted octanol–water partition coefficient (Wildman–Crippen LogP) is 9.15. The molecule has 3 heterocycles. The molecule has 7 heteroatoms. The summed E-state index contributed by atoms with van der Waals surface area (Å²) in [5, 5.41) is 12.0. The first-order valence-electron chi connectivity index (χ1n) is 15.7. The van der Waals surface area contributed by atoms with Gasteiger partial charge in [0.2, 0.25) is 0 Å². The van der Waals surface area contributed by atoms with E-state index in [-0.39, 0.29) is 6.23 Å². The van der Waals surface area contributed by atoms with Gasteiger partial charge in [-0.3, -0.25) is 0 Å². The summed E-state index contributed by atoms with van der Waals surface area (Å²) in [6.45, 7) is 0.735. The van der Waals surface area contributed by atoms with Gasteiger partial charge in [-0.25, -0.2) is 14.3 Å². The van der Waals surface area contributed by atoms with Crippen molar-refractivity contribution in [2.45, 2.75) is 31.0 Å². The molecule has 0 radical (unpaired) electrons. The third-order valence-corrected chi connectivity index (χ3v) is 9.26. The van der Waals surface area contributed by atoms with E-state index in [2.05, 4.69) is 91.0 Å². The van der Waals surface area contributed by atoms with Crippen LogP contribution in [0.1, 0.15) is 42.2 Å². The van der Waals surface area contributed by atoms with Crippen LogP contribution in [0.15, 0.2) is 140 Å². The molecule has 2 aromatic heterocycles. The third-order valence-electron chi connectivity index (χ3n) is 8.93. The molecule has 1 saturated heterocycles. The van der Waals surface area contributed by atoms with Crippen LogP contribution in [0.3, 0.4) is 0 Å². The Kier molecular flexibility index (Phi) is 7.45. The van der Waals surface area contributed by atoms with Crippen LogP contribution in [-0.2, 0) is 10.3 Å². The Morgan fingerprint density at radius 3 is 1.93 bits per heavy atom. The van der Waals surface area contributed by atoms with E-state index in [0.29, 0.717) is 10.8 Å². The van der Waals surface area contributed by atoms with Gasteiger partial charge < -0.3 is 4.74 Å². The predicted molar refractivity (Wildman–Crippen MR) is 183 cm³/mol. The zero-order valence-corrected chi connectivity index (χ0v) is 26.0. The molecule has 0 N–H and O–H groups in total. The highest BCUT2D eigenvalue weighted by Gasteiger charge is 2.39. The van der Waals surface area contributed by atoms with Crippen LogP contribution in [0.5, 0.6) is 0 Å². The van der Waals surface area contributed by atoms with Crippen LogP contribution < -0.4 is 0 Å². The summed E-state index contributed by atoms with van der Waals surface area (Å²) in [4.78, 5) is 4.93. The average molecular weight is 622 g/mol. The first-order valence-corrected chi connectivity index (χ1v) is 16.1. The van der Waals surface area contributed by atoms with E-state index in [0.717, 1.165) is 70.3 Å². The summed E-state index contributed by atoms with van der Waals surface area (Å²) >= 11 is 6.73. The third kappa shape index (κ3) is 4.82. The fourth-order valence-corrected chi connectivity index (χ4v) is 6.99. The maximum Gasteiger partial charge on any atom is 0.181 e. The first-order chi connectivity index (χ1) is 22.7. The van der Waals surface area contributed by atoms with Gasteiger partial charge in [0.1, 0.15) is 17.6 Å². The molecule has 46 heavy (non-hydrogen) atoms. The Hall–Kier alpha value is -5.04. The van der Waals surface area contributed by atoms with Crippen molar-refractivity contribution in [1.82, 2.24) is 24.5 Å². The van der Waals surface area contributed by atoms with Crippen molar-refractivity contribution in [3.63, 3.8) is 0 Å². The molecule has 7 aromatic rings. The van der Waals surface area contributed by atoms with Crippen molar-refractivity contribution in [3.05, 3.63) is 162 Å². The number of hydrogen-bond acceptors (Lipinski definition) is 4. The van der Waals surface area contributed by atoms with E-state index in [9.17, 15) is 0 Å². The fourth-order valence-electron chi connectivity index (χ4n) is 6.76. The zero-order valence-electron chi connectivity index (χ0n) is 25.2. The standard InChI is InChI=1S/C39H32ClN5O/c40-34-21-11-10-20-32(34)37-33-26-28(23-24-35(33)45(42-37)36-22-12-13-25-46-36)38-41-27-44(43-38)39(29-14-4-1-5-15-29,30-16-6-2-7-17-30)31-18-8-3-9-19-31/h1-11,14-21,23-24,26-27,36H,12-13,22,25H2. The van der Waals surface area contributed by atoms with Crippen molar-refractivity contribution in [2.75, 3.05) is 6.61 Å². The molecule has 1 unspecified atom stereocenters. The Morgan fingerprint density at radius 2 is 1.33 bits per heavy atom. The Balaban J connectivity index is 1.31. The van der Waals surface area contributed by atoms with Crippen molar-refractivity contribution in [1.29, 1.82) is 0 Å². The molecule has 0 bridgehead atoms. The second kappa shape index (κ2) is 12.0. The number of fused-ring (bicyclic) bond motifs is 1. The average Bonchev–Trinajstić information content (AvgIpc) is 3.77. The molecule has 0 aliphatic carbocycles. The molecule has 0 spiro atoms. The molecule has 1 aliphatic heterocycles. The highest BCUT2D eigenvalue weighted by atomic mass is 35.5. The lowest BCUT2D eigenvalue weighted by Gasteiger charge is -2.35. The molecule has 0 saturated carbocycles. The first kappa shape index (κ1) is 28.4. The Labute approximate surface area is 272 Å². The summed E-state index contributed by atoms with van der Waals surface area (Å²) < 4.78 is 10.2. The van der Waals surface area contributed by atoms with E-state index in [1.54, 1.807) is 0 Å². The van der Waals surface area contributed by atoms with Crippen molar-refractivity contribution >= 4 is 22.5 Å². The second-order valence-corrected chi connectivity index (χ2v) is 12.1. The molecule has 226 valence electrons. The molecular weight excluding hydrogens is 590 g/mol. The van der Waals surface area contributed by atoms with E-state index >= 15 is 0 Å². The van der Waals surface area contributed by atoms with Crippen molar-refractivity contribution < 1.29 is 4.74 Å². The number of halogens is 1. The van der Waals surface area contributed by atoms with Crippen LogP contribution in [0.25, 0.3) is 33.5 Å². The Morgan fingerprint density at radius 1 is 0.696 bits per heavy atom. The summed E-state index contributed by atoms with van der Waals surface area (Å²) in [5.74, 6) is 0.626. The van der Waals surface area contributed by atoms with Gasteiger partial charge >= 0.3 is 0 Å². The van der Waals surface area contributed by atoms with E-state index in [1.807, 2.05) is 58.2 Å². The number of hydrogen-bond donors (Lipinski definition) is 0. The lowest BCUT2D eigenvalue weighted by atomic mass is 9.77. The monoisotopic (exact) mass is 621 g/mol. The molecular formula is C39H32ClN5O. The van der Waals surface area contributed by atoms with Crippen LogP contribution in [0, 0.1) is 0 Å². The van der Waals surface area contributed by atoms with Crippen LogP contribution in [0.4, 0.5) is 0 Å². The molecule has 8 rings (SSSR count). The smallest absolute Gasteiger partial charge is 0.181 e. The van der Waals surface area contributed by atoms with Crippen LogP contribution >= 0.6 is 11.6 Å². The highest BCUT2D eigenvalue weighted by Crippen LogP contribution is 2.41. The fraction of sp³-hybridized carbons (Fsp3) is 0.154. The van der Waals surface area contributed by atoms with Gasteiger partial charge in [-0.05, 0) is 60.2 Å². The van der Waals surface area contributed by atoms with Gasteiger partial charge in [0.25, 0.3) is 0 Å². The number of benzene rings is 5. The van der Waals surface area contributed by atoms with Gasteiger partial charge in [-0.15, -0.1) is 5.10 Å².